The number of methoxy groups -OCH3 is 1. The van der Waals surface area contributed by atoms with Gasteiger partial charge in [0.05, 0.1) is 18.0 Å². The van der Waals surface area contributed by atoms with Crippen LogP contribution in [0.15, 0.2) is 83.8 Å². The van der Waals surface area contributed by atoms with Crippen molar-refractivity contribution in [2.24, 2.45) is 0 Å². The summed E-state index contributed by atoms with van der Waals surface area (Å²) in [5.41, 5.74) is 3.64. The lowest BCUT2D eigenvalue weighted by molar-refractivity contribution is 0.166. The van der Waals surface area contributed by atoms with E-state index in [2.05, 4.69) is 38.8 Å². The molecule has 2 aliphatic rings. The van der Waals surface area contributed by atoms with Gasteiger partial charge in [0.1, 0.15) is 5.75 Å². The van der Waals surface area contributed by atoms with E-state index in [0.717, 1.165) is 31.9 Å². The largest absolute Gasteiger partial charge is 0.497 e. The van der Waals surface area contributed by atoms with Crippen LogP contribution in [0.1, 0.15) is 17.2 Å². The van der Waals surface area contributed by atoms with Crippen LogP contribution in [0.5, 0.6) is 5.75 Å². The zero-order valence-electron chi connectivity index (χ0n) is 18.7. The maximum absolute atomic E-state index is 13.1. The number of nitrogens with one attached hydrogen (secondary N) is 1. The van der Waals surface area contributed by atoms with E-state index in [4.69, 9.17) is 4.74 Å². The van der Waals surface area contributed by atoms with Crippen LogP contribution < -0.4 is 14.4 Å². The molecule has 0 aromatic heterocycles. The molecule has 0 radical (unpaired) electrons. The lowest BCUT2D eigenvalue weighted by Crippen LogP contribution is -2.52. The van der Waals surface area contributed by atoms with Crippen LogP contribution in [0.25, 0.3) is 0 Å². The van der Waals surface area contributed by atoms with Crippen molar-refractivity contribution in [2.45, 2.75) is 23.4 Å². The van der Waals surface area contributed by atoms with E-state index in [1.807, 2.05) is 30.3 Å². The van der Waals surface area contributed by atoms with E-state index in [0.29, 0.717) is 11.3 Å². The van der Waals surface area contributed by atoms with Gasteiger partial charge in [0, 0.05) is 37.9 Å². The summed E-state index contributed by atoms with van der Waals surface area (Å²) in [5, 5.41) is 0. The highest BCUT2D eigenvalue weighted by Crippen LogP contribution is 2.37. The number of piperazine rings is 1. The fraction of sp³-hybridized carbons (Fsp3) is 0.308. The van der Waals surface area contributed by atoms with Crippen molar-refractivity contribution >= 4 is 15.7 Å². The van der Waals surface area contributed by atoms with Crippen LogP contribution >= 0.6 is 0 Å². The Morgan fingerprint density at radius 1 is 0.848 bits per heavy atom. The Balaban J connectivity index is 1.34. The second-order valence-corrected chi connectivity index (χ2v) is 10.3. The fourth-order valence-electron chi connectivity index (χ4n) is 5.05. The lowest BCUT2D eigenvalue weighted by Gasteiger charge is -2.41. The third-order valence-electron chi connectivity index (χ3n) is 6.70. The Kier molecular flexibility index (Phi) is 6.10. The van der Waals surface area contributed by atoms with Crippen LogP contribution in [0.3, 0.4) is 0 Å². The summed E-state index contributed by atoms with van der Waals surface area (Å²) in [4.78, 5) is 5.12. The zero-order valence-corrected chi connectivity index (χ0v) is 19.5. The lowest BCUT2D eigenvalue weighted by atomic mass is 10.0. The molecule has 33 heavy (non-hydrogen) atoms. The summed E-state index contributed by atoms with van der Waals surface area (Å²) in [5.74, 6) is 0.855. The van der Waals surface area contributed by atoms with Crippen molar-refractivity contribution < 1.29 is 13.2 Å². The molecule has 3 aromatic rings. The van der Waals surface area contributed by atoms with E-state index in [1.54, 1.807) is 31.4 Å². The third-order valence-corrected chi connectivity index (χ3v) is 8.21. The summed E-state index contributed by atoms with van der Waals surface area (Å²) in [6.07, 6.45) is 0.700. The molecule has 1 N–H and O–H groups in total. The first-order valence-corrected chi connectivity index (χ1v) is 12.8. The Morgan fingerprint density at radius 2 is 1.52 bits per heavy atom. The average molecular weight is 464 g/mol. The SMILES string of the molecule is COc1ccc(N2CCN([C@@H]3c4ccccc4C[C@@H]3NS(=O)(=O)c3ccccc3)CC2)cc1. The number of rotatable bonds is 6. The van der Waals surface area contributed by atoms with Gasteiger partial charge in [-0.05, 0) is 53.9 Å². The van der Waals surface area contributed by atoms with Gasteiger partial charge in [-0.1, -0.05) is 42.5 Å². The molecule has 5 rings (SSSR count). The zero-order chi connectivity index (χ0) is 22.8. The Bertz CT molecular complexity index is 1190. The van der Waals surface area contributed by atoms with Gasteiger partial charge in [0.15, 0.2) is 0 Å². The highest BCUT2D eigenvalue weighted by molar-refractivity contribution is 7.89. The highest BCUT2D eigenvalue weighted by atomic mass is 32.2. The van der Waals surface area contributed by atoms with Crippen molar-refractivity contribution in [1.29, 1.82) is 0 Å². The number of hydrogen-bond donors (Lipinski definition) is 1. The van der Waals surface area contributed by atoms with Crippen molar-refractivity contribution in [3.05, 3.63) is 90.0 Å². The van der Waals surface area contributed by atoms with Gasteiger partial charge in [-0.25, -0.2) is 13.1 Å². The maximum atomic E-state index is 13.1. The minimum Gasteiger partial charge on any atom is -0.497 e. The molecule has 1 heterocycles. The number of nitrogens with zero attached hydrogens (tertiary/aromatic N) is 2. The predicted molar refractivity (Wildman–Crippen MR) is 130 cm³/mol. The second kappa shape index (κ2) is 9.17. The highest BCUT2D eigenvalue weighted by Gasteiger charge is 2.39. The normalized spacial score (nSPS) is 21.1. The molecule has 1 fully saturated rings. The number of hydrogen-bond acceptors (Lipinski definition) is 5. The quantitative estimate of drug-likeness (QED) is 0.607. The maximum Gasteiger partial charge on any atom is 0.240 e. The van der Waals surface area contributed by atoms with Crippen LogP contribution in [-0.2, 0) is 16.4 Å². The summed E-state index contributed by atoms with van der Waals surface area (Å²) in [6.45, 7) is 3.52. The van der Waals surface area contributed by atoms with Gasteiger partial charge in [0.2, 0.25) is 10.0 Å². The van der Waals surface area contributed by atoms with E-state index in [-0.39, 0.29) is 12.1 Å². The molecule has 0 saturated carbocycles. The topological polar surface area (TPSA) is 61.9 Å². The minimum absolute atomic E-state index is 0.0257. The van der Waals surface area contributed by atoms with Crippen LogP contribution in [0.4, 0.5) is 5.69 Å². The Labute approximate surface area is 195 Å². The van der Waals surface area contributed by atoms with Crippen LogP contribution in [0, 0.1) is 0 Å². The minimum atomic E-state index is -3.59. The molecule has 0 amide bonds. The number of fused-ring (bicyclic) bond motifs is 1. The number of anilines is 1. The summed E-state index contributed by atoms with van der Waals surface area (Å²) < 4.78 is 34.5. The molecule has 0 bridgehead atoms. The summed E-state index contributed by atoms with van der Waals surface area (Å²) in [6, 6.07) is 25.0. The molecule has 3 aromatic carbocycles. The molecule has 1 aliphatic heterocycles. The van der Waals surface area contributed by atoms with E-state index < -0.39 is 10.0 Å². The summed E-state index contributed by atoms with van der Waals surface area (Å²) >= 11 is 0. The van der Waals surface area contributed by atoms with Gasteiger partial charge >= 0.3 is 0 Å². The average Bonchev–Trinajstić information content (AvgIpc) is 3.22. The number of benzene rings is 3. The molecule has 172 valence electrons. The van der Waals surface area contributed by atoms with E-state index in [9.17, 15) is 8.42 Å². The van der Waals surface area contributed by atoms with Crippen molar-refractivity contribution in [2.75, 3.05) is 38.2 Å². The van der Waals surface area contributed by atoms with Crippen molar-refractivity contribution in [3.8, 4) is 5.75 Å². The fourth-order valence-corrected chi connectivity index (χ4v) is 6.31. The molecule has 6 nitrogen and oxygen atoms in total. The van der Waals surface area contributed by atoms with Crippen molar-refractivity contribution in [3.63, 3.8) is 0 Å². The molecule has 1 saturated heterocycles. The predicted octanol–water partition coefficient (Wildman–Crippen LogP) is 3.46. The first-order valence-electron chi connectivity index (χ1n) is 11.3. The first-order chi connectivity index (χ1) is 16.0. The van der Waals surface area contributed by atoms with Crippen LogP contribution in [-0.4, -0.2) is 52.6 Å². The van der Waals surface area contributed by atoms with Gasteiger partial charge < -0.3 is 9.64 Å². The van der Waals surface area contributed by atoms with Gasteiger partial charge in [-0.2, -0.15) is 0 Å². The van der Waals surface area contributed by atoms with E-state index >= 15 is 0 Å². The standard InChI is InChI=1S/C26H29N3O3S/c1-32-22-13-11-21(12-14-22)28-15-17-29(18-16-28)26-24-10-6-5-7-20(24)19-25(26)27-33(30,31)23-8-3-2-4-9-23/h2-14,25-27H,15-19H2,1H3/t25-,26+/m0/s1. The third kappa shape index (κ3) is 4.49. The molecule has 2 atom stereocenters. The van der Waals surface area contributed by atoms with Gasteiger partial charge in [0.25, 0.3) is 0 Å². The van der Waals surface area contributed by atoms with E-state index in [1.165, 1.54) is 16.8 Å². The number of ether oxygens (including phenoxy) is 1. The molecular weight excluding hydrogens is 434 g/mol. The Morgan fingerprint density at radius 3 is 2.21 bits per heavy atom. The summed E-state index contributed by atoms with van der Waals surface area (Å²) in [7, 11) is -1.92. The van der Waals surface area contributed by atoms with Gasteiger partial charge in [-0.3, -0.25) is 4.90 Å². The molecular formula is C26H29N3O3S. The molecule has 0 spiro atoms. The Hall–Kier alpha value is -2.87. The smallest absolute Gasteiger partial charge is 0.240 e. The monoisotopic (exact) mass is 463 g/mol. The number of sulfonamides is 1. The van der Waals surface area contributed by atoms with Crippen LogP contribution in [0.2, 0.25) is 0 Å². The van der Waals surface area contributed by atoms with Crippen molar-refractivity contribution in [1.82, 2.24) is 9.62 Å². The molecule has 0 unspecified atom stereocenters. The van der Waals surface area contributed by atoms with Gasteiger partial charge in [-0.15, -0.1) is 0 Å². The second-order valence-electron chi connectivity index (χ2n) is 8.61. The molecule has 1 aliphatic carbocycles. The first kappa shape index (κ1) is 21.9. The molecule has 7 heteroatoms.